The van der Waals surface area contributed by atoms with Crippen LogP contribution in [0, 0.1) is 5.92 Å². The summed E-state index contributed by atoms with van der Waals surface area (Å²) < 4.78 is 2.32. The summed E-state index contributed by atoms with van der Waals surface area (Å²) in [6.45, 7) is 6.01. The van der Waals surface area contributed by atoms with Crippen molar-refractivity contribution < 1.29 is 4.79 Å². The Morgan fingerprint density at radius 2 is 1.93 bits per heavy atom. The molecule has 0 saturated carbocycles. The molecule has 1 aliphatic rings. The fourth-order valence-electron chi connectivity index (χ4n) is 3.82. The molecule has 0 bridgehead atoms. The molecule has 140 valence electrons. The van der Waals surface area contributed by atoms with Crippen LogP contribution in [0.25, 0.3) is 11.0 Å². The maximum absolute atomic E-state index is 12.7. The number of benzene rings is 2. The summed E-state index contributed by atoms with van der Waals surface area (Å²) in [4.78, 5) is 19.5. The van der Waals surface area contributed by atoms with Crippen LogP contribution in [0.3, 0.4) is 0 Å². The largest absolute Gasteiger partial charge is 0.327 e. The molecule has 2 heterocycles. The molecule has 2 aromatic carbocycles. The molecule has 1 aliphatic heterocycles. The van der Waals surface area contributed by atoms with E-state index >= 15 is 0 Å². The molecular weight excluding hydrogens is 358 g/mol. The summed E-state index contributed by atoms with van der Waals surface area (Å²) in [6, 6.07) is 15.8. The van der Waals surface area contributed by atoms with Gasteiger partial charge in [-0.25, -0.2) is 4.98 Å². The monoisotopic (exact) mass is 381 g/mol. The Morgan fingerprint density at radius 3 is 2.70 bits per heavy atom. The maximum Gasteiger partial charge on any atom is 0.227 e. The van der Waals surface area contributed by atoms with Gasteiger partial charge in [0, 0.05) is 25.4 Å². The fourth-order valence-corrected chi connectivity index (χ4v) is 4.06. The van der Waals surface area contributed by atoms with Gasteiger partial charge in [-0.1, -0.05) is 56.1 Å². The first-order chi connectivity index (χ1) is 13.1. The van der Waals surface area contributed by atoms with Gasteiger partial charge in [-0.05, 0) is 30.2 Å². The molecule has 5 heteroatoms. The highest BCUT2D eigenvalue weighted by atomic mass is 35.5. The molecule has 0 spiro atoms. The summed E-state index contributed by atoms with van der Waals surface area (Å²) in [5.41, 5.74) is 2.94. The van der Waals surface area contributed by atoms with E-state index in [1.165, 1.54) is 0 Å². The van der Waals surface area contributed by atoms with Crippen LogP contribution in [0.1, 0.15) is 38.4 Å². The molecule has 2 atom stereocenters. The van der Waals surface area contributed by atoms with E-state index in [0.717, 1.165) is 35.5 Å². The number of carbonyl (C=O) groups is 1. The molecule has 1 saturated heterocycles. The summed E-state index contributed by atoms with van der Waals surface area (Å²) in [5, 5.41) is 0.611. The van der Waals surface area contributed by atoms with E-state index < -0.39 is 0 Å². The van der Waals surface area contributed by atoms with E-state index in [9.17, 15) is 4.79 Å². The fraction of sp³-hybridized carbons (Fsp3) is 0.364. The van der Waals surface area contributed by atoms with Gasteiger partial charge < -0.3 is 9.47 Å². The molecule has 4 nitrogen and oxygen atoms in total. The summed E-state index contributed by atoms with van der Waals surface area (Å²) in [5.74, 6) is 1.75. The molecular formula is C22H24ClN3O. The summed E-state index contributed by atoms with van der Waals surface area (Å²) >= 11 is 6.33. The number of hydrogen-bond donors (Lipinski definition) is 0. The van der Waals surface area contributed by atoms with Crippen LogP contribution < -0.4 is 4.90 Å². The maximum atomic E-state index is 12.7. The number of amides is 1. The van der Waals surface area contributed by atoms with E-state index in [1.54, 1.807) is 4.90 Å². The predicted molar refractivity (Wildman–Crippen MR) is 110 cm³/mol. The number of nitrogens with zero attached hydrogens (tertiary/aromatic N) is 3. The van der Waals surface area contributed by atoms with E-state index in [2.05, 4.69) is 36.6 Å². The second kappa shape index (κ2) is 7.35. The van der Waals surface area contributed by atoms with Crippen LogP contribution in [0.2, 0.25) is 5.02 Å². The van der Waals surface area contributed by atoms with Crippen LogP contribution in [0.4, 0.5) is 5.69 Å². The molecule has 27 heavy (non-hydrogen) atoms. The van der Waals surface area contributed by atoms with E-state index in [1.807, 2.05) is 30.3 Å². The van der Waals surface area contributed by atoms with Crippen molar-refractivity contribution in [3.05, 3.63) is 59.4 Å². The zero-order valence-electron chi connectivity index (χ0n) is 15.7. The van der Waals surface area contributed by atoms with Crippen LogP contribution in [0.5, 0.6) is 0 Å². The summed E-state index contributed by atoms with van der Waals surface area (Å²) in [7, 11) is 0. The van der Waals surface area contributed by atoms with Crippen LogP contribution in [-0.4, -0.2) is 22.0 Å². The minimum absolute atomic E-state index is 0.0743. The first-order valence-corrected chi connectivity index (χ1v) is 9.96. The third-order valence-electron chi connectivity index (χ3n) is 5.51. The van der Waals surface area contributed by atoms with Gasteiger partial charge >= 0.3 is 0 Å². The van der Waals surface area contributed by atoms with Gasteiger partial charge in [0.1, 0.15) is 5.82 Å². The lowest BCUT2D eigenvalue weighted by molar-refractivity contribution is -0.117. The van der Waals surface area contributed by atoms with Gasteiger partial charge in [0.05, 0.1) is 21.7 Å². The predicted octanol–water partition coefficient (Wildman–Crippen LogP) is 5.26. The first kappa shape index (κ1) is 18.1. The molecule has 1 fully saturated rings. The lowest BCUT2D eigenvalue weighted by atomic mass is 10.1. The van der Waals surface area contributed by atoms with Crippen molar-refractivity contribution in [3.63, 3.8) is 0 Å². The third-order valence-corrected chi connectivity index (χ3v) is 5.83. The third kappa shape index (κ3) is 3.34. The zero-order valence-corrected chi connectivity index (χ0v) is 16.5. The highest BCUT2D eigenvalue weighted by Gasteiger charge is 2.35. The number of para-hydroxylation sites is 3. The van der Waals surface area contributed by atoms with Crippen LogP contribution in [-0.2, 0) is 11.3 Å². The van der Waals surface area contributed by atoms with E-state index in [4.69, 9.17) is 16.6 Å². The minimum atomic E-state index is 0.0743. The average Bonchev–Trinajstić information content (AvgIpc) is 3.23. The normalized spacial score (nSPS) is 18.4. The molecule has 3 aromatic rings. The SMILES string of the molecule is CCC(C)Cn1c(C2CC(=O)N(c3ccccc3Cl)C2)nc2ccccc21. The number of aromatic nitrogens is 2. The Balaban J connectivity index is 1.71. The summed E-state index contributed by atoms with van der Waals surface area (Å²) in [6.07, 6.45) is 1.58. The number of rotatable bonds is 5. The number of fused-ring (bicyclic) bond motifs is 1. The van der Waals surface area contributed by atoms with E-state index in [-0.39, 0.29) is 11.8 Å². The number of halogens is 1. The van der Waals surface area contributed by atoms with Gasteiger partial charge in [-0.3, -0.25) is 4.79 Å². The lowest BCUT2D eigenvalue weighted by Crippen LogP contribution is -2.25. The Bertz CT molecular complexity index is 981. The molecule has 4 rings (SSSR count). The molecule has 1 amide bonds. The Labute approximate surface area is 164 Å². The Kier molecular flexibility index (Phi) is 4.92. The standard InChI is InChI=1S/C22H24ClN3O/c1-3-15(2)13-26-20-11-7-5-9-18(20)24-22(26)16-12-21(27)25(14-16)19-10-6-4-8-17(19)23/h4-11,15-16H,3,12-14H2,1-2H3. The first-order valence-electron chi connectivity index (χ1n) is 9.58. The van der Waals surface area contributed by atoms with Crippen LogP contribution in [0.15, 0.2) is 48.5 Å². The Hall–Kier alpha value is -2.33. The van der Waals surface area contributed by atoms with Gasteiger partial charge in [0.2, 0.25) is 5.91 Å². The second-order valence-corrected chi connectivity index (χ2v) is 7.85. The van der Waals surface area contributed by atoms with Crippen molar-refractivity contribution in [2.75, 3.05) is 11.4 Å². The molecule has 0 aliphatic carbocycles. The minimum Gasteiger partial charge on any atom is -0.327 e. The zero-order chi connectivity index (χ0) is 19.0. The van der Waals surface area contributed by atoms with Gasteiger partial charge in [0.15, 0.2) is 0 Å². The van der Waals surface area contributed by atoms with Gasteiger partial charge in [0.25, 0.3) is 0 Å². The highest BCUT2D eigenvalue weighted by Crippen LogP contribution is 2.36. The number of imidazole rings is 1. The molecule has 2 unspecified atom stereocenters. The lowest BCUT2D eigenvalue weighted by Gasteiger charge is -2.19. The van der Waals surface area contributed by atoms with Gasteiger partial charge in [-0.2, -0.15) is 0 Å². The van der Waals surface area contributed by atoms with Crippen molar-refractivity contribution in [3.8, 4) is 0 Å². The van der Waals surface area contributed by atoms with Crippen molar-refractivity contribution in [1.82, 2.24) is 9.55 Å². The number of carbonyl (C=O) groups excluding carboxylic acids is 1. The van der Waals surface area contributed by atoms with Gasteiger partial charge in [-0.15, -0.1) is 0 Å². The second-order valence-electron chi connectivity index (χ2n) is 7.44. The number of anilines is 1. The quantitative estimate of drug-likeness (QED) is 0.604. The van der Waals surface area contributed by atoms with Crippen LogP contribution >= 0.6 is 11.6 Å². The highest BCUT2D eigenvalue weighted by molar-refractivity contribution is 6.33. The average molecular weight is 382 g/mol. The Morgan fingerprint density at radius 1 is 1.19 bits per heavy atom. The topological polar surface area (TPSA) is 38.1 Å². The van der Waals surface area contributed by atoms with Crippen molar-refractivity contribution >= 4 is 34.2 Å². The number of hydrogen-bond acceptors (Lipinski definition) is 2. The smallest absolute Gasteiger partial charge is 0.227 e. The van der Waals surface area contributed by atoms with Crippen molar-refractivity contribution in [1.29, 1.82) is 0 Å². The van der Waals surface area contributed by atoms with E-state index in [0.29, 0.717) is 23.9 Å². The van der Waals surface area contributed by atoms with Crippen molar-refractivity contribution in [2.24, 2.45) is 5.92 Å². The van der Waals surface area contributed by atoms with Crippen molar-refractivity contribution in [2.45, 2.75) is 39.2 Å². The molecule has 0 radical (unpaired) electrons. The molecule has 1 aromatic heterocycles. The molecule has 0 N–H and O–H groups in total.